The number of amides is 1. The Hall–Kier alpha value is -4.05. The molecule has 1 aromatic heterocycles. The Balaban J connectivity index is 1.69. The van der Waals surface area contributed by atoms with Crippen molar-refractivity contribution in [2.75, 3.05) is 24.9 Å². The number of nitrogens with one attached hydrogen (secondary N) is 2. The van der Waals surface area contributed by atoms with Crippen LogP contribution in [0.25, 0.3) is 0 Å². The Morgan fingerprint density at radius 2 is 1.82 bits per heavy atom. The summed E-state index contributed by atoms with van der Waals surface area (Å²) in [6, 6.07) is 17.4. The monoisotopic (exact) mass is 374 g/mol. The van der Waals surface area contributed by atoms with Crippen LogP contribution in [0.2, 0.25) is 0 Å². The first-order valence-electron chi connectivity index (χ1n) is 8.39. The number of hydrogen-bond donors (Lipinski definition) is 2. The van der Waals surface area contributed by atoms with E-state index in [4.69, 9.17) is 14.7 Å². The zero-order valence-electron chi connectivity index (χ0n) is 15.4. The zero-order valence-corrected chi connectivity index (χ0v) is 15.4. The van der Waals surface area contributed by atoms with Gasteiger partial charge in [0.1, 0.15) is 17.3 Å². The Morgan fingerprint density at radius 3 is 2.43 bits per heavy atom. The van der Waals surface area contributed by atoms with Gasteiger partial charge in [0.25, 0.3) is 5.91 Å². The van der Waals surface area contributed by atoms with E-state index in [1.54, 1.807) is 56.7 Å². The highest BCUT2D eigenvalue weighted by molar-refractivity contribution is 6.04. The van der Waals surface area contributed by atoms with E-state index in [1.807, 2.05) is 18.2 Å². The molecule has 1 amide bonds. The fraction of sp³-hybridized carbons (Fsp3) is 0.0952. The molecule has 0 spiro atoms. The second kappa shape index (κ2) is 8.56. The molecule has 0 aliphatic carbocycles. The molecule has 0 radical (unpaired) electrons. The number of pyridine rings is 1. The van der Waals surface area contributed by atoms with Crippen LogP contribution in [0.1, 0.15) is 15.9 Å². The third kappa shape index (κ3) is 4.37. The predicted molar refractivity (Wildman–Crippen MR) is 106 cm³/mol. The van der Waals surface area contributed by atoms with Crippen LogP contribution in [-0.2, 0) is 0 Å². The van der Waals surface area contributed by atoms with Gasteiger partial charge in [-0.05, 0) is 48.5 Å². The predicted octanol–water partition coefficient (Wildman–Crippen LogP) is 3.97. The van der Waals surface area contributed by atoms with Crippen molar-refractivity contribution in [3.63, 3.8) is 0 Å². The van der Waals surface area contributed by atoms with Crippen molar-refractivity contribution in [1.29, 1.82) is 5.26 Å². The molecule has 0 atom stereocenters. The van der Waals surface area contributed by atoms with E-state index in [9.17, 15) is 4.79 Å². The Bertz CT molecular complexity index is 1010. The standard InChI is InChI=1S/C21H18N4O3/c1-27-17-8-9-18(19(11-17)28-2)25-20-10-5-15(13-23-20)21(26)24-16-6-3-14(12-22)4-7-16/h3-11,13H,1-2H3,(H,23,25)(H,24,26). The lowest BCUT2D eigenvalue weighted by molar-refractivity contribution is 0.102. The van der Waals surface area contributed by atoms with Gasteiger partial charge in [-0.1, -0.05) is 0 Å². The van der Waals surface area contributed by atoms with Crippen molar-refractivity contribution in [2.45, 2.75) is 0 Å². The van der Waals surface area contributed by atoms with Crippen LogP contribution >= 0.6 is 0 Å². The molecule has 0 aliphatic heterocycles. The van der Waals surface area contributed by atoms with E-state index in [0.717, 1.165) is 5.69 Å². The van der Waals surface area contributed by atoms with Gasteiger partial charge in [0.05, 0.1) is 37.1 Å². The van der Waals surface area contributed by atoms with E-state index in [1.165, 1.54) is 6.20 Å². The van der Waals surface area contributed by atoms with Gasteiger partial charge in [0, 0.05) is 18.0 Å². The van der Waals surface area contributed by atoms with Crippen molar-refractivity contribution < 1.29 is 14.3 Å². The first-order chi connectivity index (χ1) is 13.6. The summed E-state index contributed by atoms with van der Waals surface area (Å²) in [5.41, 5.74) is 2.28. The fourth-order valence-electron chi connectivity index (χ4n) is 2.47. The first kappa shape index (κ1) is 18.7. The first-order valence-corrected chi connectivity index (χ1v) is 8.39. The van der Waals surface area contributed by atoms with Crippen LogP contribution in [0, 0.1) is 11.3 Å². The quantitative estimate of drug-likeness (QED) is 0.678. The number of rotatable bonds is 6. The number of methoxy groups -OCH3 is 2. The number of nitriles is 1. The van der Waals surface area contributed by atoms with Crippen LogP contribution in [0.3, 0.4) is 0 Å². The van der Waals surface area contributed by atoms with Crippen LogP contribution in [0.5, 0.6) is 11.5 Å². The lowest BCUT2D eigenvalue weighted by atomic mass is 10.2. The fourth-order valence-corrected chi connectivity index (χ4v) is 2.47. The van der Waals surface area contributed by atoms with Crippen molar-refractivity contribution in [1.82, 2.24) is 4.98 Å². The minimum atomic E-state index is -0.286. The molecule has 0 fully saturated rings. The molecule has 7 nitrogen and oxygen atoms in total. The number of hydrogen-bond acceptors (Lipinski definition) is 6. The average Bonchev–Trinajstić information content (AvgIpc) is 2.75. The summed E-state index contributed by atoms with van der Waals surface area (Å²) < 4.78 is 10.5. The second-order valence-electron chi connectivity index (χ2n) is 5.77. The average molecular weight is 374 g/mol. The lowest BCUT2D eigenvalue weighted by Crippen LogP contribution is -2.12. The Morgan fingerprint density at radius 1 is 1.04 bits per heavy atom. The minimum Gasteiger partial charge on any atom is -0.497 e. The molecule has 0 saturated heterocycles. The summed E-state index contributed by atoms with van der Waals surface area (Å²) >= 11 is 0. The maximum absolute atomic E-state index is 12.3. The summed E-state index contributed by atoms with van der Waals surface area (Å²) in [5, 5.41) is 14.7. The van der Waals surface area contributed by atoms with E-state index in [-0.39, 0.29) is 5.91 Å². The topological polar surface area (TPSA) is 96.3 Å². The van der Waals surface area contributed by atoms with E-state index >= 15 is 0 Å². The van der Waals surface area contributed by atoms with Gasteiger partial charge >= 0.3 is 0 Å². The third-order valence-corrected chi connectivity index (χ3v) is 3.97. The number of benzene rings is 2. The summed E-state index contributed by atoms with van der Waals surface area (Å²) in [6.45, 7) is 0. The number of aromatic nitrogens is 1. The number of nitrogens with zero attached hydrogens (tertiary/aromatic N) is 2. The molecule has 2 N–H and O–H groups in total. The maximum Gasteiger partial charge on any atom is 0.257 e. The summed E-state index contributed by atoms with van der Waals surface area (Å²) in [6.07, 6.45) is 1.48. The normalized spacial score (nSPS) is 9.89. The highest BCUT2D eigenvalue weighted by Gasteiger charge is 2.09. The molecule has 0 saturated carbocycles. The van der Waals surface area contributed by atoms with E-state index in [2.05, 4.69) is 15.6 Å². The van der Waals surface area contributed by atoms with Crippen molar-refractivity contribution in [3.05, 3.63) is 71.9 Å². The molecule has 7 heteroatoms. The van der Waals surface area contributed by atoms with Gasteiger partial charge in [0.15, 0.2) is 0 Å². The highest BCUT2D eigenvalue weighted by Crippen LogP contribution is 2.30. The van der Waals surface area contributed by atoms with E-state index in [0.29, 0.717) is 34.1 Å². The zero-order chi connectivity index (χ0) is 19.9. The molecule has 28 heavy (non-hydrogen) atoms. The summed E-state index contributed by atoms with van der Waals surface area (Å²) in [4.78, 5) is 16.6. The van der Waals surface area contributed by atoms with Gasteiger partial charge in [-0.25, -0.2) is 4.98 Å². The van der Waals surface area contributed by atoms with Gasteiger partial charge in [-0.2, -0.15) is 5.26 Å². The molecule has 3 aromatic rings. The number of ether oxygens (including phenoxy) is 2. The Labute approximate surface area is 162 Å². The number of carbonyl (C=O) groups excluding carboxylic acids is 1. The van der Waals surface area contributed by atoms with Crippen molar-refractivity contribution in [2.24, 2.45) is 0 Å². The molecular formula is C21H18N4O3. The van der Waals surface area contributed by atoms with Crippen LogP contribution in [-0.4, -0.2) is 25.1 Å². The molecule has 2 aromatic carbocycles. The lowest BCUT2D eigenvalue weighted by Gasteiger charge is -2.12. The van der Waals surface area contributed by atoms with Crippen LogP contribution in [0.15, 0.2) is 60.8 Å². The van der Waals surface area contributed by atoms with Crippen molar-refractivity contribution in [3.8, 4) is 17.6 Å². The number of carbonyl (C=O) groups is 1. The largest absolute Gasteiger partial charge is 0.497 e. The van der Waals surface area contributed by atoms with E-state index < -0.39 is 0 Å². The molecule has 3 rings (SSSR count). The minimum absolute atomic E-state index is 0.286. The highest BCUT2D eigenvalue weighted by atomic mass is 16.5. The van der Waals surface area contributed by atoms with Gasteiger partial charge < -0.3 is 20.1 Å². The summed E-state index contributed by atoms with van der Waals surface area (Å²) in [5.74, 6) is 1.58. The van der Waals surface area contributed by atoms with Gasteiger partial charge in [0.2, 0.25) is 0 Å². The second-order valence-corrected chi connectivity index (χ2v) is 5.77. The SMILES string of the molecule is COc1ccc(Nc2ccc(C(=O)Nc3ccc(C#N)cc3)cn2)c(OC)c1. The molecule has 140 valence electrons. The molecule has 0 unspecified atom stereocenters. The number of anilines is 3. The van der Waals surface area contributed by atoms with Crippen molar-refractivity contribution >= 4 is 23.1 Å². The van der Waals surface area contributed by atoms with Gasteiger partial charge in [-0.3, -0.25) is 4.79 Å². The molecular weight excluding hydrogens is 356 g/mol. The summed E-state index contributed by atoms with van der Waals surface area (Å²) in [7, 11) is 3.16. The smallest absolute Gasteiger partial charge is 0.257 e. The molecule has 0 aliphatic rings. The molecule has 1 heterocycles. The maximum atomic E-state index is 12.3. The Kier molecular flexibility index (Phi) is 5.72. The van der Waals surface area contributed by atoms with Crippen LogP contribution in [0.4, 0.5) is 17.2 Å². The van der Waals surface area contributed by atoms with Crippen LogP contribution < -0.4 is 20.1 Å². The molecule has 0 bridgehead atoms. The third-order valence-electron chi connectivity index (χ3n) is 3.97. The van der Waals surface area contributed by atoms with Gasteiger partial charge in [-0.15, -0.1) is 0 Å².